The molecule has 0 saturated heterocycles. The number of aromatic nitrogens is 1. The van der Waals surface area contributed by atoms with E-state index in [0.29, 0.717) is 6.54 Å². The van der Waals surface area contributed by atoms with E-state index in [1.807, 2.05) is 44.9 Å². The molecule has 0 radical (unpaired) electrons. The third kappa shape index (κ3) is 7.90. The smallest absolute Gasteiger partial charge is 0.410 e. The molecule has 0 spiro atoms. The molecule has 1 amide bonds. The SMILES string of the molecule is Cc1ncccc1CNCc1ccc(-c2ccc(CN(C(=O)OC(C)(C)C)C3CCCCC3)cc2)cc1. The summed E-state index contributed by atoms with van der Waals surface area (Å²) in [6, 6.07) is 21.7. The zero-order valence-electron chi connectivity index (χ0n) is 22.8. The molecule has 4 rings (SSSR count). The average molecular weight is 500 g/mol. The van der Waals surface area contributed by atoms with Gasteiger partial charge in [0.15, 0.2) is 0 Å². The van der Waals surface area contributed by atoms with E-state index in [9.17, 15) is 4.79 Å². The molecular weight excluding hydrogens is 458 g/mol. The minimum Gasteiger partial charge on any atom is -0.444 e. The zero-order valence-corrected chi connectivity index (χ0v) is 22.8. The second-order valence-corrected chi connectivity index (χ2v) is 11.1. The fraction of sp³-hybridized carbons (Fsp3) is 0.438. The number of carbonyl (C=O) groups excluding carboxylic acids is 1. The monoisotopic (exact) mass is 499 g/mol. The first-order valence-electron chi connectivity index (χ1n) is 13.6. The Morgan fingerprint density at radius 2 is 1.54 bits per heavy atom. The van der Waals surface area contributed by atoms with Crippen molar-refractivity contribution in [1.29, 1.82) is 0 Å². The number of amides is 1. The Morgan fingerprint density at radius 1 is 0.919 bits per heavy atom. The highest BCUT2D eigenvalue weighted by Gasteiger charge is 2.29. The highest BCUT2D eigenvalue weighted by Crippen LogP contribution is 2.27. The molecule has 1 saturated carbocycles. The van der Waals surface area contributed by atoms with Crippen LogP contribution in [-0.4, -0.2) is 27.6 Å². The Morgan fingerprint density at radius 3 is 2.14 bits per heavy atom. The van der Waals surface area contributed by atoms with E-state index in [0.717, 1.165) is 37.2 Å². The molecule has 1 heterocycles. The Labute approximate surface area is 222 Å². The maximum Gasteiger partial charge on any atom is 0.410 e. The standard InChI is InChI=1S/C32H41N3O2/c1-24-29(9-8-20-34-24)22-33-21-25-12-16-27(17-13-25)28-18-14-26(15-19-28)23-35(30-10-6-5-7-11-30)31(36)37-32(2,3)4/h8-9,12-20,30,33H,5-7,10-11,21-23H2,1-4H3. The van der Waals surface area contributed by atoms with Crippen molar-refractivity contribution >= 4 is 6.09 Å². The molecule has 0 atom stereocenters. The number of benzene rings is 2. The summed E-state index contributed by atoms with van der Waals surface area (Å²) in [5, 5.41) is 3.51. The number of pyridine rings is 1. The minimum absolute atomic E-state index is 0.202. The fourth-order valence-corrected chi connectivity index (χ4v) is 4.92. The molecule has 0 aliphatic heterocycles. The van der Waals surface area contributed by atoms with Gasteiger partial charge in [-0.05, 0) is 74.4 Å². The Hall–Kier alpha value is -3.18. The van der Waals surface area contributed by atoms with Crippen molar-refractivity contribution in [2.45, 2.75) is 91.1 Å². The van der Waals surface area contributed by atoms with E-state index in [4.69, 9.17) is 4.74 Å². The summed E-state index contributed by atoms with van der Waals surface area (Å²) >= 11 is 0. The number of ether oxygens (including phenoxy) is 1. The molecule has 37 heavy (non-hydrogen) atoms. The van der Waals surface area contributed by atoms with Crippen molar-refractivity contribution in [2.75, 3.05) is 0 Å². The van der Waals surface area contributed by atoms with E-state index in [1.54, 1.807) is 0 Å². The van der Waals surface area contributed by atoms with Crippen LogP contribution in [0.5, 0.6) is 0 Å². The summed E-state index contributed by atoms with van der Waals surface area (Å²) in [6.45, 7) is 10.0. The van der Waals surface area contributed by atoms with Crippen LogP contribution in [0.2, 0.25) is 0 Å². The maximum atomic E-state index is 13.1. The van der Waals surface area contributed by atoms with Crippen LogP contribution >= 0.6 is 0 Å². The van der Waals surface area contributed by atoms with Crippen LogP contribution in [0.1, 0.15) is 75.3 Å². The highest BCUT2D eigenvalue weighted by molar-refractivity contribution is 5.69. The van der Waals surface area contributed by atoms with E-state index in [1.165, 1.54) is 41.5 Å². The van der Waals surface area contributed by atoms with E-state index in [-0.39, 0.29) is 12.1 Å². The Balaban J connectivity index is 1.37. The van der Waals surface area contributed by atoms with E-state index in [2.05, 4.69) is 64.9 Å². The maximum absolute atomic E-state index is 13.1. The van der Waals surface area contributed by atoms with Crippen molar-refractivity contribution < 1.29 is 9.53 Å². The first-order valence-corrected chi connectivity index (χ1v) is 13.6. The Bertz CT molecular complexity index is 1140. The van der Waals surface area contributed by atoms with Crippen molar-refractivity contribution in [3.63, 3.8) is 0 Å². The summed E-state index contributed by atoms with van der Waals surface area (Å²) in [7, 11) is 0. The van der Waals surface area contributed by atoms with Crippen LogP contribution in [0, 0.1) is 6.92 Å². The summed E-state index contributed by atoms with van der Waals surface area (Å²) in [4.78, 5) is 19.4. The summed E-state index contributed by atoms with van der Waals surface area (Å²) in [5.74, 6) is 0. The lowest BCUT2D eigenvalue weighted by molar-refractivity contribution is 0.00988. The van der Waals surface area contributed by atoms with Gasteiger partial charge in [0.1, 0.15) is 5.60 Å². The second kappa shape index (κ2) is 12.4. The third-order valence-corrected chi connectivity index (χ3v) is 7.00. The topological polar surface area (TPSA) is 54.5 Å². The van der Waals surface area contributed by atoms with Gasteiger partial charge in [0.25, 0.3) is 0 Å². The average Bonchev–Trinajstić information content (AvgIpc) is 2.89. The zero-order chi connectivity index (χ0) is 26.3. The van der Waals surface area contributed by atoms with Gasteiger partial charge < -0.3 is 15.0 Å². The number of nitrogens with one attached hydrogen (secondary N) is 1. The van der Waals surface area contributed by atoms with Gasteiger partial charge >= 0.3 is 6.09 Å². The van der Waals surface area contributed by atoms with Gasteiger partial charge in [-0.2, -0.15) is 0 Å². The van der Waals surface area contributed by atoms with Crippen LogP contribution in [0.4, 0.5) is 4.79 Å². The van der Waals surface area contributed by atoms with Crippen molar-refractivity contribution in [2.24, 2.45) is 0 Å². The van der Waals surface area contributed by atoms with E-state index < -0.39 is 5.60 Å². The number of hydrogen-bond donors (Lipinski definition) is 1. The number of hydrogen-bond acceptors (Lipinski definition) is 4. The molecule has 0 bridgehead atoms. The number of carbonyl (C=O) groups is 1. The van der Waals surface area contributed by atoms with Gasteiger partial charge in [-0.15, -0.1) is 0 Å². The van der Waals surface area contributed by atoms with Gasteiger partial charge in [0.2, 0.25) is 0 Å². The predicted molar refractivity (Wildman–Crippen MR) is 150 cm³/mol. The largest absolute Gasteiger partial charge is 0.444 e. The normalized spacial score (nSPS) is 14.4. The molecule has 196 valence electrons. The molecule has 1 N–H and O–H groups in total. The summed E-state index contributed by atoms with van der Waals surface area (Å²) in [5.41, 5.74) is 6.56. The lowest BCUT2D eigenvalue weighted by Crippen LogP contribution is -2.43. The molecule has 1 fully saturated rings. The quantitative estimate of drug-likeness (QED) is 0.350. The van der Waals surface area contributed by atoms with Crippen LogP contribution < -0.4 is 5.32 Å². The first-order chi connectivity index (χ1) is 17.8. The van der Waals surface area contributed by atoms with Crippen molar-refractivity contribution in [1.82, 2.24) is 15.2 Å². The highest BCUT2D eigenvalue weighted by atomic mass is 16.6. The van der Waals surface area contributed by atoms with Crippen LogP contribution in [-0.2, 0) is 24.4 Å². The van der Waals surface area contributed by atoms with Gasteiger partial charge in [-0.3, -0.25) is 4.98 Å². The minimum atomic E-state index is -0.493. The fourth-order valence-electron chi connectivity index (χ4n) is 4.92. The second-order valence-electron chi connectivity index (χ2n) is 11.1. The molecule has 5 heteroatoms. The first kappa shape index (κ1) is 26.9. The van der Waals surface area contributed by atoms with Crippen LogP contribution in [0.15, 0.2) is 66.9 Å². The van der Waals surface area contributed by atoms with Crippen molar-refractivity contribution in [3.05, 3.63) is 89.2 Å². The molecule has 1 aliphatic rings. The summed E-state index contributed by atoms with van der Waals surface area (Å²) in [6.07, 6.45) is 7.35. The lowest BCUT2D eigenvalue weighted by Gasteiger charge is -2.35. The number of rotatable bonds is 8. The molecule has 1 aromatic heterocycles. The molecule has 5 nitrogen and oxygen atoms in total. The third-order valence-electron chi connectivity index (χ3n) is 7.00. The molecule has 0 unspecified atom stereocenters. The summed E-state index contributed by atoms with van der Waals surface area (Å²) < 4.78 is 5.77. The van der Waals surface area contributed by atoms with Gasteiger partial charge in [-0.1, -0.05) is 73.9 Å². The molecule has 1 aliphatic carbocycles. The van der Waals surface area contributed by atoms with E-state index >= 15 is 0 Å². The van der Waals surface area contributed by atoms with Gasteiger partial charge in [0.05, 0.1) is 0 Å². The molecule has 2 aromatic carbocycles. The lowest BCUT2D eigenvalue weighted by atomic mass is 9.94. The molecule has 3 aromatic rings. The number of aryl methyl sites for hydroxylation is 1. The van der Waals surface area contributed by atoms with Crippen molar-refractivity contribution in [3.8, 4) is 11.1 Å². The van der Waals surface area contributed by atoms with Gasteiger partial charge in [0, 0.05) is 37.6 Å². The van der Waals surface area contributed by atoms with Crippen LogP contribution in [0.3, 0.4) is 0 Å². The van der Waals surface area contributed by atoms with Crippen LogP contribution in [0.25, 0.3) is 11.1 Å². The predicted octanol–water partition coefficient (Wildman–Crippen LogP) is 7.42. The number of nitrogens with zero attached hydrogens (tertiary/aromatic N) is 2. The van der Waals surface area contributed by atoms with Gasteiger partial charge in [-0.25, -0.2) is 4.79 Å². The Kier molecular flexibility index (Phi) is 8.99. The molecular formula is C32H41N3O2.